The Hall–Kier alpha value is -2.94. The molecule has 31 heavy (non-hydrogen) atoms. The van der Waals surface area contributed by atoms with Crippen LogP contribution in [0.25, 0.3) is 0 Å². The Balaban J connectivity index is 1.82. The lowest BCUT2D eigenvalue weighted by atomic mass is 10.1. The topological polar surface area (TPSA) is 112 Å². The molecule has 0 aliphatic heterocycles. The van der Waals surface area contributed by atoms with Crippen molar-refractivity contribution >= 4 is 56.3 Å². The lowest BCUT2D eigenvalue weighted by Crippen LogP contribution is -2.18. The Labute approximate surface area is 189 Å². The molecule has 0 radical (unpaired) electrons. The van der Waals surface area contributed by atoms with E-state index >= 15 is 0 Å². The molecule has 10 heteroatoms. The molecular weight excluding hydrogens is 459 g/mol. The van der Waals surface area contributed by atoms with Gasteiger partial charge in [0.1, 0.15) is 5.82 Å². The molecule has 0 bridgehead atoms. The molecule has 7 nitrogen and oxygen atoms in total. The minimum atomic E-state index is -2.87. The van der Waals surface area contributed by atoms with E-state index in [0.29, 0.717) is 14.9 Å². The van der Waals surface area contributed by atoms with E-state index in [-0.39, 0.29) is 28.4 Å². The highest BCUT2D eigenvalue weighted by Crippen LogP contribution is 2.23. The summed E-state index contributed by atoms with van der Waals surface area (Å²) in [5, 5.41) is 6.06. The van der Waals surface area contributed by atoms with Crippen molar-refractivity contribution in [3.05, 3.63) is 82.0 Å². The number of halogens is 2. The van der Waals surface area contributed by atoms with Crippen LogP contribution in [0.1, 0.15) is 27.6 Å². The molecule has 160 valence electrons. The summed E-state index contributed by atoms with van der Waals surface area (Å²) in [5.41, 5.74) is 0.688. The number of nitrogens with zero attached hydrogens (tertiary/aromatic N) is 1. The Morgan fingerprint density at radius 2 is 1.65 bits per heavy atom. The van der Waals surface area contributed by atoms with Crippen LogP contribution in [0.15, 0.2) is 65.7 Å². The van der Waals surface area contributed by atoms with Gasteiger partial charge in [-0.25, -0.2) is 14.0 Å². The smallest absolute Gasteiger partial charge is 0.258 e. The molecule has 2 amide bonds. The van der Waals surface area contributed by atoms with Crippen LogP contribution in [0.3, 0.4) is 0 Å². The number of rotatable bonds is 6. The van der Waals surface area contributed by atoms with Gasteiger partial charge in [-0.1, -0.05) is 30.1 Å². The van der Waals surface area contributed by atoms with Gasteiger partial charge < -0.3 is 10.6 Å². The van der Waals surface area contributed by atoms with E-state index in [2.05, 4.69) is 15.6 Å². The summed E-state index contributed by atoms with van der Waals surface area (Å²) in [5.74, 6) is -0.512. The zero-order chi connectivity index (χ0) is 22.6. The van der Waals surface area contributed by atoms with Gasteiger partial charge in [0, 0.05) is 27.4 Å². The third-order valence-electron chi connectivity index (χ3n) is 4.35. The second-order valence-corrected chi connectivity index (χ2v) is 9.72. The highest BCUT2D eigenvalue weighted by Gasteiger charge is 2.17. The summed E-state index contributed by atoms with van der Waals surface area (Å²) in [6.45, 7) is 1.67. The average Bonchev–Trinajstić information content (AvgIpc) is 2.76. The molecule has 3 rings (SSSR count). The fourth-order valence-corrected chi connectivity index (χ4v) is 3.83. The number of amides is 2. The molecule has 0 fully saturated rings. The van der Waals surface area contributed by atoms with Crippen molar-refractivity contribution in [2.45, 2.75) is 11.8 Å². The van der Waals surface area contributed by atoms with Crippen LogP contribution in [0, 0.1) is 4.78 Å². The maximum absolute atomic E-state index is 12.7. The number of carbonyl (C=O) groups excluding carboxylic acids is 2. The molecule has 1 heterocycles. The highest BCUT2D eigenvalue weighted by molar-refractivity contribution is 7.92. The number of pyridine rings is 1. The molecule has 3 N–H and O–H groups in total. The predicted octanol–water partition coefficient (Wildman–Crippen LogP) is 5.32. The Morgan fingerprint density at radius 3 is 2.26 bits per heavy atom. The summed E-state index contributed by atoms with van der Waals surface area (Å²) < 4.78 is 20.0. The first-order valence-electron chi connectivity index (χ1n) is 9.10. The number of benzene rings is 2. The first kappa shape index (κ1) is 22.7. The van der Waals surface area contributed by atoms with E-state index in [1.807, 2.05) is 0 Å². The third kappa shape index (κ3) is 5.61. The van der Waals surface area contributed by atoms with E-state index < -0.39 is 21.5 Å². The SMILES string of the molecule is CCS(=N)(=O)c1ccc(C(=O)Nc2ccc(Cl)cc2C(=O)Nc2ccc(Cl)cn2)cc1. The van der Waals surface area contributed by atoms with Gasteiger partial charge in [-0.2, -0.15) is 0 Å². The number of aromatic nitrogens is 1. The quantitative estimate of drug-likeness (QED) is 0.446. The zero-order valence-corrected chi connectivity index (χ0v) is 18.6. The van der Waals surface area contributed by atoms with Gasteiger partial charge >= 0.3 is 0 Å². The summed E-state index contributed by atoms with van der Waals surface area (Å²) >= 11 is 11.8. The van der Waals surface area contributed by atoms with E-state index in [1.54, 1.807) is 25.1 Å². The van der Waals surface area contributed by atoms with Gasteiger partial charge in [-0.05, 0) is 54.6 Å². The van der Waals surface area contributed by atoms with E-state index in [4.69, 9.17) is 28.0 Å². The Morgan fingerprint density at radius 1 is 0.968 bits per heavy atom. The van der Waals surface area contributed by atoms with Crippen molar-refractivity contribution in [1.29, 1.82) is 4.78 Å². The molecular formula is C21H18Cl2N4O3S. The van der Waals surface area contributed by atoms with Crippen molar-refractivity contribution in [2.24, 2.45) is 0 Å². The van der Waals surface area contributed by atoms with Crippen molar-refractivity contribution in [3.8, 4) is 0 Å². The fraction of sp³-hybridized carbons (Fsp3) is 0.0952. The molecule has 0 saturated carbocycles. The monoisotopic (exact) mass is 476 g/mol. The molecule has 0 aliphatic rings. The second kappa shape index (κ2) is 9.47. The second-order valence-electron chi connectivity index (χ2n) is 6.45. The lowest BCUT2D eigenvalue weighted by Gasteiger charge is -2.12. The van der Waals surface area contributed by atoms with Gasteiger partial charge in [0.15, 0.2) is 0 Å². The van der Waals surface area contributed by atoms with Crippen LogP contribution in [0.2, 0.25) is 10.0 Å². The van der Waals surface area contributed by atoms with Gasteiger partial charge in [0.05, 0.1) is 26.0 Å². The first-order chi connectivity index (χ1) is 14.7. The Kier molecular flexibility index (Phi) is 6.94. The average molecular weight is 477 g/mol. The number of nitrogens with one attached hydrogen (secondary N) is 3. The molecule has 1 unspecified atom stereocenters. The largest absolute Gasteiger partial charge is 0.321 e. The van der Waals surface area contributed by atoms with Crippen molar-refractivity contribution < 1.29 is 13.8 Å². The third-order valence-corrected chi connectivity index (χ3v) is 6.65. The normalized spacial score (nSPS) is 12.6. The molecule has 0 spiro atoms. The summed E-state index contributed by atoms with van der Waals surface area (Å²) in [7, 11) is -2.87. The fourth-order valence-electron chi connectivity index (χ4n) is 2.63. The number of hydrogen-bond donors (Lipinski definition) is 3. The van der Waals surface area contributed by atoms with Crippen LogP contribution in [-0.4, -0.2) is 26.8 Å². The van der Waals surface area contributed by atoms with E-state index in [9.17, 15) is 13.8 Å². The van der Waals surface area contributed by atoms with Crippen molar-refractivity contribution in [2.75, 3.05) is 16.4 Å². The van der Waals surface area contributed by atoms with Crippen molar-refractivity contribution in [3.63, 3.8) is 0 Å². The van der Waals surface area contributed by atoms with Crippen LogP contribution >= 0.6 is 23.2 Å². The molecule has 2 aromatic carbocycles. The van der Waals surface area contributed by atoms with Gasteiger partial charge in [0.2, 0.25) is 0 Å². The number of carbonyl (C=O) groups is 2. The standard InChI is InChI=1S/C21H18Cl2N4O3S/c1-2-31(24,30)16-7-3-13(4-8-16)20(28)26-18-9-5-14(22)11-17(18)21(29)27-19-10-6-15(23)12-25-19/h3-12,24H,2H2,1H3,(H,26,28)(H,25,27,29). The van der Waals surface area contributed by atoms with Crippen LogP contribution in [-0.2, 0) is 9.73 Å². The maximum Gasteiger partial charge on any atom is 0.258 e. The summed E-state index contributed by atoms with van der Waals surface area (Å²) in [4.78, 5) is 29.8. The molecule has 0 saturated heterocycles. The maximum atomic E-state index is 12.7. The Bertz CT molecular complexity index is 1230. The summed E-state index contributed by atoms with van der Waals surface area (Å²) in [6, 6.07) is 13.6. The van der Waals surface area contributed by atoms with E-state index in [0.717, 1.165) is 0 Å². The van der Waals surface area contributed by atoms with Gasteiger partial charge in [0.25, 0.3) is 11.8 Å². The molecule has 1 atom stereocenters. The molecule has 3 aromatic rings. The van der Waals surface area contributed by atoms with Crippen LogP contribution in [0.5, 0.6) is 0 Å². The number of hydrogen-bond acceptors (Lipinski definition) is 5. The van der Waals surface area contributed by atoms with Crippen LogP contribution < -0.4 is 10.6 Å². The van der Waals surface area contributed by atoms with Gasteiger partial charge in [-0.15, -0.1) is 0 Å². The minimum Gasteiger partial charge on any atom is -0.321 e. The van der Waals surface area contributed by atoms with Crippen LogP contribution in [0.4, 0.5) is 11.5 Å². The predicted molar refractivity (Wildman–Crippen MR) is 123 cm³/mol. The highest BCUT2D eigenvalue weighted by atomic mass is 35.5. The zero-order valence-electron chi connectivity index (χ0n) is 16.3. The lowest BCUT2D eigenvalue weighted by molar-refractivity contribution is 0.102. The number of anilines is 2. The first-order valence-corrected chi connectivity index (χ1v) is 11.6. The summed E-state index contributed by atoms with van der Waals surface area (Å²) in [6.07, 6.45) is 1.40. The van der Waals surface area contributed by atoms with Gasteiger partial charge in [-0.3, -0.25) is 9.59 Å². The molecule has 1 aromatic heterocycles. The molecule has 0 aliphatic carbocycles. The van der Waals surface area contributed by atoms with Crippen molar-refractivity contribution in [1.82, 2.24) is 4.98 Å². The van der Waals surface area contributed by atoms with E-state index in [1.165, 1.54) is 42.6 Å². The minimum absolute atomic E-state index is 0.148.